The first kappa shape index (κ1) is 36.9. The zero-order valence-electron chi connectivity index (χ0n) is 27.3. The minimum Gasteiger partial charge on any atom is -0.465 e. The number of halogens is 2. The summed E-state index contributed by atoms with van der Waals surface area (Å²) in [5.74, 6) is -1.65. The van der Waals surface area contributed by atoms with Crippen LogP contribution in [0.1, 0.15) is 67.3 Å². The molecule has 1 atom stereocenters. The summed E-state index contributed by atoms with van der Waals surface area (Å²) in [6.07, 6.45) is 0.576. The first-order valence-corrected chi connectivity index (χ1v) is 15.8. The third kappa shape index (κ3) is 7.72. The number of fused-ring (bicyclic) bond motifs is 1. The number of amides is 1. The predicted molar refractivity (Wildman–Crippen MR) is 185 cm³/mol. The maximum absolute atomic E-state index is 14.5. The third-order valence-electron chi connectivity index (χ3n) is 8.08. The molecule has 0 saturated carbocycles. The lowest BCUT2D eigenvalue weighted by molar-refractivity contribution is 0.0498. The average Bonchev–Trinajstić information content (AvgIpc) is 3.37. The lowest BCUT2D eigenvalue weighted by atomic mass is 10.1. The van der Waals surface area contributed by atoms with Gasteiger partial charge < -0.3 is 24.3 Å². The lowest BCUT2D eigenvalue weighted by Gasteiger charge is -2.36. The zero-order chi connectivity index (χ0) is 34.9. The molecule has 5 rings (SSSR count). The maximum Gasteiger partial charge on any atom is 0.407 e. The summed E-state index contributed by atoms with van der Waals surface area (Å²) in [4.78, 5) is 69.4. The van der Waals surface area contributed by atoms with E-state index in [4.69, 9.17) is 21.1 Å². The molecule has 2 aromatic carbocycles. The van der Waals surface area contributed by atoms with Crippen LogP contribution in [-0.4, -0.2) is 63.4 Å². The second-order valence-electron chi connectivity index (χ2n) is 12.7. The largest absolute Gasteiger partial charge is 0.465 e. The fraction of sp³-hybridized carbons (Fsp3) is 0.400. The van der Waals surface area contributed by atoms with Crippen molar-refractivity contribution < 1.29 is 28.2 Å². The van der Waals surface area contributed by atoms with Crippen LogP contribution in [0.15, 0.2) is 58.1 Å². The van der Waals surface area contributed by atoms with Gasteiger partial charge in [-0.15, -0.1) is 0 Å². The fourth-order valence-electron chi connectivity index (χ4n) is 6.00. The van der Waals surface area contributed by atoms with Gasteiger partial charge in [-0.25, -0.2) is 18.8 Å². The van der Waals surface area contributed by atoms with Crippen molar-refractivity contribution in [1.29, 1.82) is 0 Å². The van der Waals surface area contributed by atoms with Crippen LogP contribution in [0.3, 0.4) is 0 Å². The van der Waals surface area contributed by atoms with Crippen molar-refractivity contribution in [3.8, 4) is 0 Å². The molecule has 1 aliphatic heterocycles. The first-order valence-electron chi connectivity index (χ1n) is 15.4. The maximum atomic E-state index is 14.5. The molecule has 0 bridgehead atoms. The van der Waals surface area contributed by atoms with Gasteiger partial charge in [-0.3, -0.25) is 18.7 Å². The zero-order valence-corrected chi connectivity index (χ0v) is 28.1. The van der Waals surface area contributed by atoms with E-state index >= 15 is 0 Å². The minimum absolute atomic E-state index is 0. The lowest BCUT2D eigenvalue weighted by Crippen LogP contribution is -2.49. The molecule has 1 fully saturated rings. The van der Waals surface area contributed by atoms with E-state index < -0.39 is 53.1 Å². The molecule has 49 heavy (non-hydrogen) atoms. The number of aryl methyl sites for hydroxylation is 1. The normalized spacial score (nSPS) is 14.7. The number of rotatable bonds is 8. The SMILES string of the molecule is C.COC(=O)c1c(N2CCC[C@@H](NC(=O)OC(C)(C)C)C2)n(Cc2cc(F)ccc2Cl)c2c(=O)n(CC(=O)c3ccccc3)c(=O)n(C)c12. The number of carbonyl (C=O) groups is 3. The van der Waals surface area contributed by atoms with Gasteiger partial charge in [0.05, 0.1) is 25.7 Å². The van der Waals surface area contributed by atoms with E-state index in [1.807, 2.05) is 4.90 Å². The van der Waals surface area contributed by atoms with Crippen molar-refractivity contribution >= 4 is 46.3 Å². The van der Waals surface area contributed by atoms with Crippen molar-refractivity contribution in [3.63, 3.8) is 0 Å². The van der Waals surface area contributed by atoms with Crippen molar-refractivity contribution in [1.82, 2.24) is 19.0 Å². The van der Waals surface area contributed by atoms with Crippen LogP contribution in [0.4, 0.5) is 15.0 Å². The number of nitrogens with one attached hydrogen (secondary N) is 1. The number of carbonyl (C=O) groups excluding carboxylic acids is 3. The van der Waals surface area contributed by atoms with Crippen molar-refractivity contribution in [2.24, 2.45) is 7.05 Å². The minimum atomic E-state index is -0.832. The third-order valence-corrected chi connectivity index (χ3v) is 8.45. The molecule has 0 radical (unpaired) electrons. The number of nitrogens with zero attached hydrogens (tertiary/aromatic N) is 4. The highest BCUT2D eigenvalue weighted by Crippen LogP contribution is 2.35. The number of anilines is 1. The summed E-state index contributed by atoms with van der Waals surface area (Å²) in [5.41, 5.74) is -1.95. The monoisotopic (exact) mass is 697 g/mol. The standard InChI is InChI=1S/C34H37ClFN5O7.CH4/c1-34(2,3)48-32(45)37-23-12-9-15-39(18-23)29-26(31(44)47-5)27-28(40(29)17-21-16-22(36)13-14-24(21)35)30(43)41(33(46)38(27)4)19-25(42)20-10-7-6-8-11-20;/h6-8,10-11,13-14,16,23H,9,12,15,17-19H2,1-5H3,(H,37,45);1H4/t23-;/m1./s1. The number of hydrogen-bond acceptors (Lipinski definition) is 8. The van der Waals surface area contributed by atoms with Crippen LogP contribution in [0.5, 0.6) is 0 Å². The van der Waals surface area contributed by atoms with E-state index in [-0.39, 0.29) is 48.0 Å². The van der Waals surface area contributed by atoms with Crippen LogP contribution in [0.25, 0.3) is 11.0 Å². The number of Topliss-reactive ketones (excluding diaryl/α,β-unsaturated/α-hetero) is 1. The Balaban J connectivity index is 0.00000541. The van der Waals surface area contributed by atoms with E-state index in [9.17, 15) is 28.4 Å². The summed E-state index contributed by atoms with van der Waals surface area (Å²) in [7, 11) is 2.58. The summed E-state index contributed by atoms with van der Waals surface area (Å²) >= 11 is 6.50. The number of aromatic nitrogens is 3. The molecule has 3 heterocycles. The number of piperidine rings is 1. The summed E-state index contributed by atoms with van der Waals surface area (Å²) in [5, 5.41) is 3.08. The van der Waals surface area contributed by atoms with E-state index in [0.717, 1.165) is 9.13 Å². The van der Waals surface area contributed by atoms with Crippen LogP contribution in [0, 0.1) is 5.82 Å². The number of ether oxygens (including phenoxy) is 2. The van der Waals surface area contributed by atoms with Gasteiger partial charge in [-0.1, -0.05) is 49.4 Å². The topological polar surface area (TPSA) is 134 Å². The van der Waals surface area contributed by atoms with Crippen molar-refractivity contribution in [3.05, 3.63) is 96.9 Å². The second-order valence-corrected chi connectivity index (χ2v) is 13.1. The summed E-state index contributed by atoms with van der Waals surface area (Å²) < 4.78 is 28.6. The highest BCUT2D eigenvalue weighted by molar-refractivity contribution is 6.31. The average molecular weight is 698 g/mol. The molecule has 14 heteroatoms. The Morgan fingerprint density at radius 3 is 2.39 bits per heavy atom. The summed E-state index contributed by atoms with van der Waals surface area (Å²) in [6, 6.07) is 11.6. The van der Waals surface area contributed by atoms with Crippen molar-refractivity contribution in [2.75, 3.05) is 25.1 Å². The molecular weight excluding hydrogens is 657 g/mol. The Morgan fingerprint density at radius 1 is 1.04 bits per heavy atom. The van der Waals surface area contributed by atoms with Gasteiger partial charge >= 0.3 is 17.8 Å². The van der Waals surface area contributed by atoms with Gasteiger partial charge in [0.15, 0.2) is 5.78 Å². The smallest absolute Gasteiger partial charge is 0.407 e. The molecule has 1 N–H and O–H groups in total. The molecule has 1 amide bonds. The molecule has 1 aliphatic rings. The number of hydrogen-bond donors (Lipinski definition) is 1. The van der Waals surface area contributed by atoms with Gasteiger partial charge in [0, 0.05) is 36.8 Å². The van der Waals surface area contributed by atoms with Gasteiger partial charge in [0.25, 0.3) is 5.56 Å². The molecule has 0 spiro atoms. The van der Waals surface area contributed by atoms with E-state index in [0.29, 0.717) is 30.5 Å². The highest BCUT2D eigenvalue weighted by atomic mass is 35.5. The van der Waals surface area contributed by atoms with Crippen LogP contribution in [0.2, 0.25) is 5.02 Å². The van der Waals surface area contributed by atoms with Crippen LogP contribution >= 0.6 is 11.6 Å². The van der Waals surface area contributed by atoms with Crippen LogP contribution < -0.4 is 21.5 Å². The first-order chi connectivity index (χ1) is 22.7. The number of esters is 1. The van der Waals surface area contributed by atoms with Crippen molar-refractivity contribution in [2.45, 2.75) is 65.8 Å². The Bertz CT molecular complexity index is 2010. The van der Waals surface area contributed by atoms with E-state index in [1.54, 1.807) is 51.1 Å². The van der Waals surface area contributed by atoms with E-state index in [2.05, 4.69) is 5.32 Å². The number of methoxy groups -OCH3 is 1. The van der Waals surface area contributed by atoms with E-state index in [1.165, 1.54) is 36.9 Å². The molecule has 262 valence electrons. The number of alkyl carbamates (subject to hydrolysis) is 1. The molecular formula is C35H41ClFN5O7. The Hall–Kier alpha value is -4.91. The predicted octanol–water partition coefficient (Wildman–Crippen LogP) is 5.14. The molecule has 12 nitrogen and oxygen atoms in total. The van der Waals surface area contributed by atoms with Crippen LogP contribution in [-0.2, 0) is 29.6 Å². The quantitative estimate of drug-likeness (QED) is 0.198. The molecule has 1 saturated heterocycles. The Kier molecular flexibility index (Phi) is 11.1. The fourth-order valence-corrected chi connectivity index (χ4v) is 6.17. The second kappa shape index (κ2) is 14.7. The van der Waals surface area contributed by atoms with Gasteiger partial charge in [0.2, 0.25) is 0 Å². The Morgan fingerprint density at radius 2 is 1.73 bits per heavy atom. The number of benzene rings is 2. The molecule has 0 unspecified atom stereocenters. The van der Waals surface area contributed by atoms with Gasteiger partial charge in [-0.2, -0.15) is 0 Å². The molecule has 0 aliphatic carbocycles. The van der Waals surface area contributed by atoms with Gasteiger partial charge in [0.1, 0.15) is 28.3 Å². The highest BCUT2D eigenvalue weighted by Gasteiger charge is 2.35. The molecule has 4 aromatic rings. The van der Waals surface area contributed by atoms with Gasteiger partial charge in [-0.05, 0) is 57.4 Å². The summed E-state index contributed by atoms with van der Waals surface area (Å²) in [6.45, 7) is 5.12. The Labute approximate surface area is 288 Å². The number of ketones is 1. The molecule has 2 aromatic heterocycles.